The molecule has 1 saturated heterocycles. The molecule has 0 spiro atoms. The molecule has 6 heteroatoms. The van der Waals surface area contributed by atoms with E-state index in [1.807, 2.05) is 29.3 Å². The molecule has 2 aromatic rings. The highest BCUT2D eigenvalue weighted by atomic mass is 19.1. The van der Waals surface area contributed by atoms with Crippen LogP contribution in [-0.2, 0) is 0 Å². The Hall–Kier alpha value is -2.63. The van der Waals surface area contributed by atoms with Crippen LogP contribution in [0.5, 0.6) is 0 Å². The van der Waals surface area contributed by atoms with Gasteiger partial charge in [0.2, 0.25) is 0 Å². The molecule has 0 bridgehead atoms. The van der Waals surface area contributed by atoms with Gasteiger partial charge >= 0.3 is 0 Å². The largest absolute Gasteiger partial charge is 0.368 e. The van der Waals surface area contributed by atoms with Gasteiger partial charge in [-0.1, -0.05) is 13.8 Å². The molecular weight excluding hydrogens is 355 g/mol. The summed E-state index contributed by atoms with van der Waals surface area (Å²) in [5.41, 5.74) is 2.68. The lowest BCUT2D eigenvalue weighted by molar-refractivity contribution is 0.0755. The van der Waals surface area contributed by atoms with E-state index < -0.39 is 0 Å². The third-order valence-corrected chi connectivity index (χ3v) is 5.08. The predicted octanol–water partition coefficient (Wildman–Crippen LogP) is 3.81. The summed E-state index contributed by atoms with van der Waals surface area (Å²) in [5.74, 6) is -0.155. The monoisotopic (exact) mass is 384 g/mol. The fourth-order valence-electron chi connectivity index (χ4n) is 3.63. The summed E-state index contributed by atoms with van der Waals surface area (Å²) in [6, 6.07) is 8.60. The molecule has 0 aliphatic carbocycles. The van der Waals surface area contributed by atoms with Crippen molar-refractivity contribution in [2.24, 2.45) is 0 Å². The lowest BCUT2D eigenvalue weighted by Gasteiger charge is -2.37. The van der Waals surface area contributed by atoms with E-state index in [-0.39, 0.29) is 11.7 Å². The first-order valence-corrected chi connectivity index (χ1v) is 10.1. The van der Waals surface area contributed by atoms with Crippen molar-refractivity contribution in [3.8, 4) is 0 Å². The third kappa shape index (κ3) is 4.80. The van der Waals surface area contributed by atoms with Gasteiger partial charge in [0.15, 0.2) is 0 Å². The number of amides is 1. The quantitative estimate of drug-likeness (QED) is 0.728. The van der Waals surface area contributed by atoms with Crippen LogP contribution < -0.4 is 9.80 Å². The van der Waals surface area contributed by atoms with Gasteiger partial charge in [0, 0.05) is 51.2 Å². The van der Waals surface area contributed by atoms with Gasteiger partial charge in [-0.05, 0) is 43.2 Å². The molecule has 1 aliphatic heterocycles. The summed E-state index contributed by atoms with van der Waals surface area (Å²) in [4.78, 5) is 23.6. The van der Waals surface area contributed by atoms with E-state index >= 15 is 0 Å². The van der Waals surface area contributed by atoms with Crippen LogP contribution in [0.1, 0.15) is 37.0 Å². The topological polar surface area (TPSA) is 39.7 Å². The zero-order valence-corrected chi connectivity index (χ0v) is 16.8. The minimum absolute atomic E-state index is 0.0583. The minimum Gasteiger partial charge on any atom is -0.368 e. The zero-order valence-electron chi connectivity index (χ0n) is 16.8. The van der Waals surface area contributed by atoms with Crippen LogP contribution in [-0.4, -0.2) is 55.1 Å². The predicted molar refractivity (Wildman–Crippen MR) is 112 cm³/mol. The number of pyridine rings is 1. The molecule has 0 unspecified atom stereocenters. The summed E-state index contributed by atoms with van der Waals surface area (Å²) in [7, 11) is 0. The Labute approximate surface area is 166 Å². The van der Waals surface area contributed by atoms with Gasteiger partial charge in [-0.3, -0.25) is 9.78 Å². The average molecular weight is 384 g/mol. The number of hydrogen-bond acceptors (Lipinski definition) is 4. The van der Waals surface area contributed by atoms with Crippen LogP contribution in [0, 0.1) is 5.82 Å². The Kier molecular flexibility index (Phi) is 6.85. The molecule has 1 fully saturated rings. The Morgan fingerprint density at radius 3 is 2.11 bits per heavy atom. The van der Waals surface area contributed by atoms with Crippen LogP contribution in [0.3, 0.4) is 0 Å². The second-order valence-electron chi connectivity index (χ2n) is 7.17. The van der Waals surface area contributed by atoms with Gasteiger partial charge < -0.3 is 14.7 Å². The van der Waals surface area contributed by atoms with E-state index in [0.717, 1.165) is 63.5 Å². The summed E-state index contributed by atoms with van der Waals surface area (Å²) < 4.78 is 13.1. The van der Waals surface area contributed by atoms with Crippen molar-refractivity contribution < 1.29 is 9.18 Å². The SMILES string of the molecule is CCCN(CCC)C(=O)c1cncc(N2CCN(c3ccc(F)cc3)CC2)c1. The number of piperazine rings is 1. The van der Waals surface area contributed by atoms with Crippen molar-refractivity contribution in [1.29, 1.82) is 0 Å². The van der Waals surface area contributed by atoms with Crippen LogP contribution >= 0.6 is 0 Å². The molecule has 0 saturated carbocycles. The summed E-state index contributed by atoms with van der Waals surface area (Å²) in [6.07, 6.45) is 5.39. The van der Waals surface area contributed by atoms with Crippen molar-refractivity contribution in [2.45, 2.75) is 26.7 Å². The molecule has 150 valence electrons. The Balaban J connectivity index is 1.66. The molecule has 2 heterocycles. The molecule has 0 atom stereocenters. The van der Waals surface area contributed by atoms with Crippen molar-refractivity contribution in [2.75, 3.05) is 49.1 Å². The number of aromatic nitrogens is 1. The number of carbonyl (C=O) groups is 1. The summed E-state index contributed by atoms with van der Waals surface area (Å²) >= 11 is 0. The van der Waals surface area contributed by atoms with E-state index in [1.54, 1.807) is 6.20 Å². The second-order valence-corrected chi connectivity index (χ2v) is 7.17. The first-order chi connectivity index (χ1) is 13.6. The van der Waals surface area contributed by atoms with Gasteiger partial charge in [-0.25, -0.2) is 4.39 Å². The highest BCUT2D eigenvalue weighted by molar-refractivity contribution is 5.94. The number of anilines is 2. The van der Waals surface area contributed by atoms with Gasteiger partial charge in [0.05, 0.1) is 17.4 Å². The molecule has 3 rings (SSSR count). The normalized spacial score (nSPS) is 14.2. The summed E-state index contributed by atoms with van der Waals surface area (Å²) in [6.45, 7) is 9.09. The molecule has 0 radical (unpaired) electrons. The molecule has 28 heavy (non-hydrogen) atoms. The number of rotatable bonds is 7. The number of hydrogen-bond donors (Lipinski definition) is 0. The maximum Gasteiger partial charge on any atom is 0.255 e. The third-order valence-electron chi connectivity index (χ3n) is 5.08. The van der Waals surface area contributed by atoms with E-state index in [2.05, 4.69) is 28.6 Å². The molecule has 0 N–H and O–H groups in total. The number of carbonyl (C=O) groups excluding carboxylic acids is 1. The maximum absolute atomic E-state index is 13.1. The number of nitrogens with zero attached hydrogens (tertiary/aromatic N) is 4. The summed E-state index contributed by atoms with van der Waals surface area (Å²) in [5, 5.41) is 0. The lowest BCUT2D eigenvalue weighted by atomic mass is 10.2. The molecule has 1 aromatic heterocycles. The highest BCUT2D eigenvalue weighted by Crippen LogP contribution is 2.21. The van der Waals surface area contributed by atoms with Crippen molar-refractivity contribution in [1.82, 2.24) is 9.88 Å². The van der Waals surface area contributed by atoms with E-state index in [4.69, 9.17) is 0 Å². The lowest BCUT2D eigenvalue weighted by Crippen LogP contribution is -2.46. The van der Waals surface area contributed by atoms with Crippen molar-refractivity contribution in [3.63, 3.8) is 0 Å². The molecule has 5 nitrogen and oxygen atoms in total. The zero-order chi connectivity index (χ0) is 19.9. The van der Waals surface area contributed by atoms with Gasteiger partial charge in [-0.2, -0.15) is 0 Å². The Morgan fingerprint density at radius 1 is 0.964 bits per heavy atom. The molecule has 1 amide bonds. The van der Waals surface area contributed by atoms with Crippen LogP contribution in [0.25, 0.3) is 0 Å². The van der Waals surface area contributed by atoms with Crippen LogP contribution in [0.15, 0.2) is 42.7 Å². The van der Waals surface area contributed by atoms with E-state index in [9.17, 15) is 9.18 Å². The fourth-order valence-corrected chi connectivity index (χ4v) is 3.63. The smallest absolute Gasteiger partial charge is 0.255 e. The van der Waals surface area contributed by atoms with Gasteiger partial charge in [0.25, 0.3) is 5.91 Å². The second kappa shape index (κ2) is 9.53. The minimum atomic E-state index is -0.213. The molecule has 1 aromatic carbocycles. The van der Waals surface area contributed by atoms with Gasteiger partial charge in [-0.15, -0.1) is 0 Å². The number of benzene rings is 1. The van der Waals surface area contributed by atoms with Crippen molar-refractivity contribution >= 4 is 17.3 Å². The first kappa shape index (κ1) is 20.1. The Morgan fingerprint density at radius 2 is 1.54 bits per heavy atom. The van der Waals surface area contributed by atoms with E-state index in [0.29, 0.717) is 5.56 Å². The fraction of sp³-hybridized carbons (Fsp3) is 0.455. The van der Waals surface area contributed by atoms with Crippen LogP contribution in [0.2, 0.25) is 0 Å². The molecular formula is C22H29FN4O. The molecule has 1 aliphatic rings. The van der Waals surface area contributed by atoms with Crippen LogP contribution in [0.4, 0.5) is 15.8 Å². The number of halogens is 1. The average Bonchev–Trinajstić information content (AvgIpc) is 2.74. The first-order valence-electron chi connectivity index (χ1n) is 10.1. The Bertz CT molecular complexity index is 766. The highest BCUT2D eigenvalue weighted by Gasteiger charge is 2.20. The van der Waals surface area contributed by atoms with Gasteiger partial charge in [0.1, 0.15) is 5.82 Å². The standard InChI is InChI=1S/C22H29FN4O/c1-3-9-27(10-4-2)22(28)18-15-21(17-24-16-18)26-13-11-25(12-14-26)20-7-5-19(23)6-8-20/h5-8,15-17H,3-4,9-14H2,1-2H3. The van der Waals surface area contributed by atoms with Crippen molar-refractivity contribution in [3.05, 3.63) is 54.1 Å². The van der Waals surface area contributed by atoms with E-state index in [1.165, 1.54) is 12.1 Å². The maximum atomic E-state index is 13.1.